The molecule has 1 N–H and O–H groups in total. The first-order valence-corrected chi connectivity index (χ1v) is 6.38. The molecule has 1 aromatic carbocycles. The van der Waals surface area contributed by atoms with Gasteiger partial charge in [0.05, 0.1) is 32.6 Å². The molecule has 0 aliphatic heterocycles. The maximum absolute atomic E-state index is 11.6. The van der Waals surface area contributed by atoms with Crippen LogP contribution < -0.4 is 0 Å². The molecule has 7 heteroatoms. The van der Waals surface area contributed by atoms with E-state index >= 15 is 0 Å². The highest BCUT2D eigenvalue weighted by atomic mass is 16.5. The molecule has 0 atom stereocenters. The van der Waals surface area contributed by atoms with E-state index in [1.54, 1.807) is 4.68 Å². The number of aliphatic hydroxyl groups is 1. The first kappa shape index (κ1) is 15.1. The van der Waals surface area contributed by atoms with Crippen LogP contribution in [0, 0.1) is 0 Å². The Bertz CT molecular complexity index is 607. The average molecular weight is 291 g/mol. The van der Waals surface area contributed by atoms with E-state index in [9.17, 15) is 4.79 Å². The van der Waals surface area contributed by atoms with Gasteiger partial charge in [0, 0.05) is 7.11 Å². The fourth-order valence-corrected chi connectivity index (χ4v) is 1.92. The normalized spacial score (nSPS) is 10.6. The second-order valence-electron chi connectivity index (χ2n) is 4.44. The van der Waals surface area contributed by atoms with Crippen LogP contribution in [0.15, 0.2) is 24.3 Å². The largest absolute Gasteiger partial charge is 0.464 e. The first-order chi connectivity index (χ1) is 10.2. The minimum absolute atomic E-state index is 0.00498. The van der Waals surface area contributed by atoms with Crippen molar-refractivity contribution >= 4 is 5.97 Å². The average Bonchev–Trinajstić information content (AvgIpc) is 2.90. The molecule has 0 aliphatic rings. The maximum atomic E-state index is 11.6. The van der Waals surface area contributed by atoms with Crippen LogP contribution >= 0.6 is 0 Å². The minimum atomic E-state index is -0.538. The third kappa shape index (κ3) is 3.45. The number of carbonyl (C=O) groups is 1. The fourth-order valence-electron chi connectivity index (χ4n) is 1.92. The Morgan fingerprint density at radius 1 is 1.24 bits per heavy atom. The molecule has 0 saturated heterocycles. The molecule has 1 aromatic heterocycles. The van der Waals surface area contributed by atoms with E-state index in [0.29, 0.717) is 12.2 Å². The zero-order valence-electron chi connectivity index (χ0n) is 11.9. The van der Waals surface area contributed by atoms with Crippen molar-refractivity contribution in [2.24, 2.45) is 0 Å². The van der Waals surface area contributed by atoms with Crippen LogP contribution in [-0.2, 0) is 29.2 Å². The predicted molar refractivity (Wildman–Crippen MR) is 73.5 cm³/mol. The number of hydrogen-bond donors (Lipinski definition) is 1. The lowest BCUT2D eigenvalue weighted by molar-refractivity contribution is 0.0588. The van der Waals surface area contributed by atoms with E-state index < -0.39 is 5.97 Å². The van der Waals surface area contributed by atoms with Gasteiger partial charge >= 0.3 is 5.97 Å². The summed E-state index contributed by atoms with van der Waals surface area (Å²) in [5.41, 5.74) is 2.54. The summed E-state index contributed by atoms with van der Waals surface area (Å²) in [6.07, 6.45) is 0. The van der Waals surface area contributed by atoms with Gasteiger partial charge in [-0.3, -0.25) is 0 Å². The van der Waals surface area contributed by atoms with E-state index in [1.807, 2.05) is 24.3 Å². The number of hydrogen-bond acceptors (Lipinski definition) is 6. The van der Waals surface area contributed by atoms with Crippen LogP contribution in [0.2, 0.25) is 0 Å². The molecule has 1 heterocycles. The number of aromatic nitrogens is 3. The lowest BCUT2D eigenvalue weighted by Gasteiger charge is -2.07. The number of benzene rings is 1. The number of carbonyl (C=O) groups excluding carboxylic acids is 1. The molecule has 0 spiro atoms. The number of ether oxygens (including phenoxy) is 2. The van der Waals surface area contributed by atoms with E-state index in [0.717, 1.165) is 11.1 Å². The molecular formula is C14H17N3O4. The highest BCUT2D eigenvalue weighted by molar-refractivity contribution is 5.88. The quantitative estimate of drug-likeness (QED) is 0.790. The first-order valence-electron chi connectivity index (χ1n) is 6.38. The highest BCUT2D eigenvalue weighted by Crippen LogP contribution is 2.12. The summed E-state index contributed by atoms with van der Waals surface area (Å²) in [7, 11) is 2.83. The molecule has 7 nitrogen and oxygen atoms in total. The van der Waals surface area contributed by atoms with Gasteiger partial charge in [-0.2, -0.15) is 0 Å². The molecule has 0 saturated carbocycles. The topological polar surface area (TPSA) is 86.5 Å². The van der Waals surface area contributed by atoms with Crippen LogP contribution in [0.5, 0.6) is 0 Å². The predicted octanol–water partition coefficient (Wildman–Crippen LogP) is 0.752. The monoisotopic (exact) mass is 291 g/mol. The van der Waals surface area contributed by atoms with Crippen LogP contribution in [0.1, 0.15) is 27.3 Å². The second kappa shape index (κ2) is 6.96. The third-order valence-electron chi connectivity index (χ3n) is 3.04. The van der Waals surface area contributed by atoms with Gasteiger partial charge in [0.25, 0.3) is 0 Å². The molecule has 0 fully saturated rings. The van der Waals surface area contributed by atoms with Crippen molar-refractivity contribution in [2.45, 2.75) is 19.8 Å². The molecule has 0 radical (unpaired) electrons. The van der Waals surface area contributed by atoms with Crippen molar-refractivity contribution in [3.05, 3.63) is 46.8 Å². The summed E-state index contributed by atoms with van der Waals surface area (Å²) >= 11 is 0. The molecule has 2 rings (SSSR count). The Labute approximate surface area is 122 Å². The Morgan fingerprint density at radius 3 is 2.48 bits per heavy atom. The summed E-state index contributed by atoms with van der Waals surface area (Å²) in [5.74, 6) is -0.538. The zero-order valence-corrected chi connectivity index (χ0v) is 11.9. The van der Waals surface area contributed by atoms with Crippen LogP contribution in [-0.4, -0.2) is 40.3 Å². The van der Waals surface area contributed by atoms with Gasteiger partial charge in [-0.1, -0.05) is 29.5 Å². The number of methoxy groups -OCH3 is 2. The van der Waals surface area contributed by atoms with Gasteiger partial charge in [-0.15, -0.1) is 5.10 Å². The van der Waals surface area contributed by atoms with Crippen LogP contribution in [0.3, 0.4) is 0 Å². The molecule has 0 aliphatic carbocycles. The molecule has 21 heavy (non-hydrogen) atoms. The molecular weight excluding hydrogens is 274 g/mol. The Morgan fingerprint density at radius 2 is 1.90 bits per heavy atom. The number of aliphatic hydroxyl groups excluding tert-OH is 1. The van der Waals surface area contributed by atoms with E-state index in [-0.39, 0.29) is 18.9 Å². The Balaban J connectivity index is 2.25. The smallest absolute Gasteiger partial charge is 0.360 e. The van der Waals surface area contributed by atoms with Crippen molar-refractivity contribution in [3.8, 4) is 0 Å². The van der Waals surface area contributed by atoms with Gasteiger partial charge < -0.3 is 14.6 Å². The summed E-state index contributed by atoms with van der Waals surface area (Å²) in [6, 6.07) is 7.45. The highest BCUT2D eigenvalue weighted by Gasteiger charge is 2.20. The van der Waals surface area contributed by atoms with Gasteiger partial charge in [-0.05, 0) is 11.1 Å². The van der Waals surface area contributed by atoms with E-state index in [4.69, 9.17) is 9.84 Å². The Kier molecular flexibility index (Phi) is 5.02. The maximum Gasteiger partial charge on any atom is 0.360 e. The zero-order chi connectivity index (χ0) is 15.2. The van der Waals surface area contributed by atoms with E-state index in [2.05, 4.69) is 15.0 Å². The molecule has 2 aromatic rings. The summed E-state index contributed by atoms with van der Waals surface area (Å²) in [4.78, 5) is 11.6. The van der Waals surface area contributed by atoms with Gasteiger partial charge in [0.1, 0.15) is 0 Å². The molecule has 0 amide bonds. The van der Waals surface area contributed by atoms with Crippen molar-refractivity contribution < 1.29 is 19.4 Å². The lowest BCUT2D eigenvalue weighted by atomic mass is 10.1. The van der Waals surface area contributed by atoms with Crippen molar-refractivity contribution in [2.75, 3.05) is 14.2 Å². The molecule has 112 valence electrons. The number of esters is 1. The molecule has 0 bridgehead atoms. The van der Waals surface area contributed by atoms with Gasteiger partial charge in [0.2, 0.25) is 0 Å². The van der Waals surface area contributed by atoms with Gasteiger partial charge in [-0.25, -0.2) is 9.48 Å². The number of rotatable bonds is 6. The third-order valence-corrected chi connectivity index (χ3v) is 3.04. The van der Waals surface area contributed by atoms with Crippen molar-refractivity contribution in [1.82, 2.24) is 15.0 Å². The SMILES string of the molecule is COCc1c(C(=O)OC)nnn1Cc1ccc(CO)cc1. The summed E-state index contributed by atoms with van der Waals surface area (Å²) in [6.45, 7) is 0.672. The summed E-state index contributed by atoms with van der Waals surface area (Å²) < 4.78 is 11.4. The summed E-state index contributed by atoms with van der Waals surface area (Å²) in [5, 5.41) is 16.9. The molecule has 0 unspecified atom stereocenters. The van der Waals surface area contributed by atoms with Crippen molar-refractivity contribution in [1.29, 1.82) is 0 Å². The van der Waals surface area contributed by atoms with Crippen LogP contribution in [0.4, 0.5) is 0 Å². The lowest BCUT2D eigenvalue weighted by Crippen LogP contribution is -2.11. The fraction of sp³-hybridized carbons (Fsp3) is 0.357. The van der Waals surface area contributed by atoms with E-state index in [1.165, 1.54) is 14.2 Å². The van der Waals surface area contributed by atoms with Gasteiger partial charge in [0.15, 0.2) is 5.69 Å². The van der Waals surface area contributed by atoms with Crippen molar-refractivity contribution in [3.63, 3.8) is 0 Å². The number of nitrogens with zero attached hydrogens (tertiary/aromatic N) is 3. The van der Waals surface area contributed by atoms with Crippen LogP contribution in [0.25, 0.3) is 0 Å². The second-order valence-corrected chi connectivity index (χ2v) is 4.44. The standard InChI is InChI=1S/C14H17N3O4/c1-20-9-12-13(14(19)21-2)15-16-17(12)7-10-3-5-11(8-18)6-4-10/h3-6,18H,7-9H2,1-2H3. The minimum Gasteiger partial charge on any atom is -0.464 e. The Hall–Kier alpha value is -2.25.